The summed E-state index contributed by atoms with van der Waals surface area (Å²) in [6.45, 7) is 4.66. The molecule has 0 saturated carbocycles. The lowest BCUT2D eigenvalue weighted by atomic mass is 10.0. The van der Waals surface area contributed by atoms with Crippen molar-refractivity contribution >= 4 is 11.3 Å². The summed E-state index contributed by atoms with van der Waals surface area (Å²) in [7, 11) is 0. The number of pyridine rings is 1. The van der Waals surface area contributed by atoms with Crippen LogP contribution in [-0.2, 0) is 12.8 Å². The lowest BCUT2D eigenvalue weighted by Gasteiger charge is -2.33. The summed E-state index contributed by atoms with van der Waals surface area (Å²) < 4.78 is 0. The second-order valence-electron chi connectivity index (χ2n) is 4.87. The number of aromatic nitrogens is 1. The molecule has 0 spiro atoms. The van der Waals surface area contributed by atoms with E-state index in [9.17, 15) is 0 Å². The minimum Gasteiger partial charge on any atom is -0.296 e. The Labute approximate surface area is 112 Å². The molecule has 0 aliphatic carbocycles. The monoisotopic (exact) mass is 258 g/mol. The van der Waals surface area contributed by atoms with Gasteiger partial charge in [0.05, 0.1) is 0 Å². The molecule has 0 amide bonds. The van der Waals surface area contributed by atoms with E-state index in [2.05, 4.69) is 40.4 Å². The van der Waals surface area contributed by atoms with Gasteiger partial charge in [0.1, 0.15) is 0 Å². The van der Waals surface area contributed by atoms with E-state index < -0.39 is 0 Å². The van der Waals surface area contributed by atoms with Crippen LogP contribution in [-0.4, -0.2) is 23.0 Å². The minimum atomic E-state index is 0.571. The lowest BCUT2D eigenvalue weighted by Crippen LogP contribution is -2.34. The maximum Gasteiger partial charge on any atom is 0.0331 e. The minimum absolute atomic E-state index is 0.571. The van der Waals surface area contributed by atoms with Crippen LogP contribution in [0.5, 0.6) is 0 Å². The zero-order valence-electron chi connectivity index (χ0n) is 10.7. The maximum atomic E-state index is 4.07. The Morgan fingerprint density at radius 2 is 2.17 bits per heavy atom. The second-order valence-corrected chi connectivity index (χ2v) is 5.87. The van der Waals surface area contributed by atoms with E-state index in [1.165, 1.54) is 18.5 Å². The molecule has 3 rings (SSSR count). The molecule has 0 unspecified atom stereocenters. The molecule has 3 heteroatoms. The van der Waals surface area contributed by atoms with Crippen molar-refractivity contribution < 1.29 is 0 Å². The Morgan fingerprint density at radius 3 is 3.00 bits per heavy atom. The predicted molar refractivity (Wildman–Crippen MR) is 76.0 cm³/mol. The highest BCUT2D eigenvalue weighted by atomic mass is 32.1. The molecular formula is C15H18N2S. The van der Waals surface area contributed by atoms with Crippen molar-refractivity contribution in [3.8, 4) is 0 Å². The van der Waals surface area contributed by atoms with E-state index >= 15 is 0 Å². The molecular weight excluding hydrogens is 240 g/mol. The van der Waals surface area contributed by atoms with Crippen LogP contribution in [0.25, 0.3) is 0 Å². The van der Waals surface area contributed by atoms with Crippen LogP contribution in [0.2, 0.25) is 0 Å². The van der Waals surface area contributed by atoms with Gasteiger partial charge in [-0.2, -0.15) is 0 Å². The molecule has 1 aliphatic rings. The molecule has 1 atom stereocenters. The van der Waals surface area contributed by atoms with Gasteiger partial charge in [0, 0.05) is 36.4 Å². The Balaban J connectivity index is 1.65. The number of rotatable bonds is 3. The molecule has 0 fully saturated rings. The van der Waals surface area contributed by atoms with Crippen LogP contribution in [0.3, 0.4) is 0 Å². The molecule has 2 aromatic heterocycles. The third-order valence-corrected chi connectivity index (χ3v) is 4.84. The number of thiophene rings is 1. The topological polar surface area (TPSA) is 16.1 Å². The van der Waals surface area contributed by atoms with E-state index in [4.69, 9.17) is 0 Å². The smallest absolute Gasteiger partial charge is 0.0331 e. The standard InChI is InChI=1S/C15H18N2S/c1-12-14-6-11-18-15(14)5-10-17(12)9-4-13-2-7-16-8-3-13/h2-3,6-8,11-12H,4-5,9-10H2,1H3/t12-/m0/s1. The molecule has 0 saturated heterocycles. The first kappa shape index (κ1) is 11.9. The summed E-state index contributed by atoms with van der Waals surface area (Å²) in [5, 5.41) is 2.23. The van der Waals surface area contributed by atoms with Gasteiger partial charge in [-0.05, 0) is 54.5 Å². The van der Waals surface area contributed by atoms with Crippen molar-refractivity contribution in [1.82, 2.24) is 9.88 Å². The van der Waals surface area contributed by atoms with Crippen LogP contribution in [0.15, 0.2) is 36.0 Å². The Morgan fingerprint density at radius 1 is 1.33 bits per heavy atom. The largest absolute Gasteiger partial charge is 0.296 e. The van der Waals surface area contributed by atoms with E-state index in [0.29, 0.717) is 6.04 Å². The normalized spacial score (nSPS) is 19.7. The van der Waals surface area contributed by atoms with Crippen LogP contribution in [0.1, 0.15) is 29.0 Å². The van der Waals surface area contributed by atoms with Crippen LogP contribution >= 0.6 is 11.3 Å². The van der Waals surface area contributed by atoms with E-state index in [-0.39, 0.29) is 0 Å². The summed E-state index contributed by atoms with van der Waals surface area (Å²) in [5.41, 5.74) is 2.93. The number of hydrogen-bond donors (Lipinski definition) is 0. The van der Waals surface area contributed by atoms with Crippen LogP contribution in [0.4, 0.5) is 0 Å². The summed E-state index contributed by atoms with van der Waals surface area (Å²) in [4.78, 5) is 8.24. The molecule has 94 valence electrons. The van der Waals surface area contributed by atoms with Gasteiger partial charge >= 0.3 is 0 Å². The lowest BCUT2D eigenvalue weighted by molar-refractivity contribution is 0.203. The fraction of sp³-hybridized carbons (Fsp3) is 0.400. The number of hydrogen-bond acceptors (Lipinski definition) is 3. The molecule has 2 aromatic rings. The molecule has 0 N–H and O–H groups in total. The fourth-order valence-electron chi connectivity index (χ4n) is 2.69. The third-order valence-electron chi connectivity index (χ3n) is 3.84. The first-order valence-corrected chi connectivity index (χ1v) is 7.42. The Kier molecular flexibility index (Phi) is 3.43. The van der Waals surface area contributed by atoms with Crippen molar-refractivity contribution in [3.63, 3.8) is 0 Å². The molecule has 18 heavy (non-hydrogen) atoms. The highest BCUT2D eigenvalue weighted by molar-refractivity contribution is 7.10. The van der Waals surface area contributed by atoms with Crippen molar-refractivity contribution in [2.45, 2.75) is 25.8 Å². The van der Waals surface area contributed by atoms with Gasteiger partial charge in [0.25, 0.3) is 0 Å². The number of nitrogens with zero attached hydrogens (tertiary/aromatic N) is 2. The molecule has 3 heterocycles. The van der Waals surface area contributed by atoms with Gasteiger partial charge in [-0.15, -0.1) is 11.3 Å². The Hall–Kier alpha value is -1.19. The van der Waals surface area contributed by atoms with E-state index in [0.717, 1.165) is 13.0 Å². The third kappa shape index (κ3) is 2.33. The molecule has 0 bridgehead atoms. The van der Waals surface area contributed by atoms with Crippen LogP contribution < -0.4 is 0 Å². The average molecular weight is 258 g/mol. The maximum absolute atomic E-state index is 4.07. The number of fused-ring (bicyclic) bond motifs is 1. The summed E-state index contributed by atoms with van der Waals surface area (Å²) >= 11 is 1.91. The second kappa shape index (κ2) is 5.21. The van der Waals surface area contributed by atoms with Crippen molar-refractivity contribution in [2.75, 3.05) is 13.1 Å². The highest BCUT2D eigenvalue weighted by Gasteiger charge is 2.23. The summed E-state index contributed by atoms with van der Waals surface area (Å²) in [5.74, 6) is 0. The van der Waals surface area contributed by atoms with Crippen molar-refractivity contribution in [1.29, 1.82) is 0 Å². The molecule has 1 aliphatic heterocycles. The highest BCUT2D eigenvalue weighted by Crippen LogP contribution is 2.32. The van der Waals surface area contributed by atoms with Gasteiger partial charge in [-0.1, -0.05) is 0 Å². The van der Waals surface area contributed by atoms with E-state index in [1.54, 1.807) is 10.4 Å². The van der Waals surface area contributed by atoms with Gasteiger partial charge in [0.15, 0.2) is 0 Å². The zero-order valence-corrected chi connectivity index (χ0v) is 11.5. The van der Waals surface area contributed by atoms with Crippen LogP contribution in [0, 0.1) is 0 Å². The van der Waals surface area contributed by atoms with Crippen molar-refractivity contribution in [3.05, 3.63) is 52.0 Å². The van der Waals surface area contributed by atoms with Gasteiger partial charge in [0.2, 0.25) is 0 Å². The first-order chi connectivity index (χ1) is 8.84. The Bertz CT molecular complexity index is 506. The summed E-state index contributed by atoms with van der Waals surface area (Å²) in [6, 6.07) is 7.10. The SMILES string of the molecule is C[C@H]1c2ccsc2CCN1CCc1ccncc1. The van der Waals surface area contributed by atoms with E-state index in [1.807, 2.05) is 23.7 Å². The fourth-order valence-corrected chi connectivity index (χ4v) is 3.65. The summed E-state index contributed by atoms with van der Waals surface area (Å²) in [6.07, 6.45) is 6.10. The zero-order chi connectivity index (χ0) is 12.4. The molecule has 2 nitrogen and oxygen atoms in total. The quantitative estimate of drug-likeness (QED) is 0.839. The average Bonchev–Trinajstić information content (AvgIpc) is 2.88. The van der Waals surface area contributed by atoms with Gasteiger partial charge in [-0.25, -0.2) is 0 Å². The van der Waals surface area contributed by atoms with Crippen molar-refractivity contribution in [2.24, 2.45) is 0 Å². The molecule has 0 aromatic carbocycles. The van der Waals surface area contributed by atoms with Gasteiger partial charge < -0.3 is 0 Å². The first-order valence-electron chi connectivity index (χ1n) is 6.54. The predicted octanol–water partition coefficient (Wildman–Crippen LogP) is 3.30. The molecule has 0 radical (unpaired) electrons. The van der Waals surface area contributed by atoms with Gasteiger partial charge in [-0.3, -0.25) is 9.88 Å².